The zero-order valence-electron chi connectivity index (χ0n) is 11.5. The van der Waals surface area contributed by atoms with E-state index in [1.165, 1.54) is 0 Å². The van der Waals surface area contributed by atoms with Crippen molar-refractivity contribution in [2.24, 2.45) is 17.8 Å². The van der Waals surface area contributed by atoms with Gasteiger partial charge in [-0.1, -0.05) is 27.7 Å². The van der Waals surface area contributed by atoms with E-state index in [1.54, 1.807) is 0 Å². The van der Waals surface area contributed by atoms with Crippen LogP contribution in [0.25, 0.3) is 0 Å². The fourth-order valence-corrected chi connectivity index (χ4v) is 2.32. The number of nitrogens with one attached hydrogen (secondary N) is 2. The van der Waals surface area contributed by atoms with Crippen LogP contribution in [0.15, 0.2) is 0 Å². The Bertz CT molecular complexity index is 228. The summed E-state index contributed by atoms with van der Waals surface area (Å²) >= 11 is 0. The van der Waals surface area contributed by atoms with Crippen molar-refractivity contribution in [1.29, 1.82) is 0 Å². The van der Waals surface area contributed by atoms with Crippen LogP contribution in [0.1, 0.15) is 27.7 Å². The predicted molar refractivity (Wildman–Crippen MR) is 68.8 cm³/mol. The maximum absolute atomic E-state index is 11.9. The molecule has 0 radical (unpaired) electrons. The number of hydrogen-bond donors (Lipinski definition) is 2. The topological polar surface area (TPSA) is 50.4 Å². The number of carbonyl (C=O) groups excluding carboxylic acids is 1. The summed E-state index contributed by atoms with van der Waals surface area (Å²) in [6, 6.07) is -0.177. The molecule has 0 bridgehead atoms. The normalized spacial score (nSPS) is 21.2. The molecule has 4 nitrogen and oxygen atoms in total. The zero-order valence-corrected chi connectivity index (χ0v) is 11.5. The van der Waals surface area contributed by atoms with Crippen molar-refractivity contribution in [3.8, 4) is 0 Å². The Hall–Kier alpha value is -0.610. The second-order valence-corrected chi connectivity index (χ2v) is 5.48. The lowest BCUT2D eigenvalue weighted by atomic mass is 9.85. The second-order valence-electron chi connectivity index (χ2n) is 5.48. The molecule has 0 aromatic carbocycles. The molecule has 1 amide bonds. The van der Waals surface area contributed by atoms with Crippen molar-refractivity contribution in [2.45, 2.75) is 33.7 Å². The lowest BCUT2D eigenvalue weighted by molar-refractivity contribution is -0.126. The highest BCUT2D eigenvalue weighted by Gasteiger charge is 2.23. The van der Waals surface area contributed by atoms with Gasteiger partial charge < -0.3 is 15.4 Å². The van der Waals surface area contributed by atoms with E-state index in [0.717, 1.165) is 13.1 Å². The van der Waals surface area contributed by atoms with Gasteiger partial charge in [-0.15, -0.1) is 0 Å². The molecule has 1 unspecified atom stereocenters. The van der Waals surface area contributed by atoms with E-state index in [4.69, 9.17) is 4.74 Å². The highest BCUT2D eigenvalue weighted by atomic mass is 16.5. The first-order valence-corrected chi connectivity index (χ1v) is 6.61. The molecular formula is C13H26N2O2. The Labute approximate surface area is 104 Å². The minimum Gasteiger partial charge on any atom is -0.378 e. The molecule has 1 aliphatic heterocycles. The molecule has 0 spiro atoms. The van der Waals surface area contributed by atoms with Gasteiger partial charge in [-0.2, -0.15) is 0 Å². The summed E-state index contributed by atoms with van der Waals surface area (Å²) < 4.78 is 5.28. The second kappa shape index (κ2) is 6.97. The van der Waals surface area contributed by atoms with Gasteiger partial charge in [0.05, 0.1) is 13.2 Å². The fourth-order valence-electron chi connectivity index (χ4n) is 2.32. The quantitative estimate of drug-likeness (QED) is 0.757. The molecule has 100 valence electrons. The third kappa shape index (κ3) is 4.64. The zero-order chi connectivity index (χ0) is 12.8. The minimum atomic E-state index is -0.177. The summed E-state index contributed by atoms with van der Waals surface area (Å²) in [7, 11) is 0. The van der Waals surface area contributed by atoms with Gasteiger partial charge in [0.25, 0.3) is 0 Å². The third-order valence-electron chi connectivity index (χ3n) is 3.46. The summed E-state index contributed by atoms with van der Waals surface area (Å²) in [4.78, 5) is 11.9. The van der Waals surface area contributed by atoms with Crippen LogP contribution >= 0.6 is 0 Å². The number of morpholine rings is 1. The molecule has 1 aliphatic rings. The lowest BCUT2D eigenvalue weighted by Gasteiger charge is -2.27. The lowest BCUT2D eigenvalue weighted by Crippen LogP contribution is -2.52. The summed E-state index contributed by atoms with van der Waals surface area (Å²) in [5, 5.41) is 6.20. The Kier molecular flexibility index (Phi) is 5.92. The van der Waals surface area contributed by atoms with Crippen molar-refractivity contribution >= 4 is 5.91 Å². The molecule has 4 heteroatoms. The van der Waals surface area contributed by atoms with Gasteiger partial charge in [-0.25, -0.2) is 0 Å². The van der Waals surface area contributed by atoms with E-state index in [-0.39, 0.29) is 11.9 Å². The van der Waals surface area contributed by atoms with Crippen molar-refractivity contribution in [3.63, 3.8) is 0 Å². The van der Waals surface area contributed by atoms with Crippen molar-refractivity contribution in [3.05, 3.63) is 0 Å². The molecule has 1 saturated heterocycles. The Morgan fingerprint density at radius 1 is 1.35 bits per heavy atom. The van der Waals surface area contributed by atoms with Gasteiger partial charge in [0.2, 0.25) is 5.91 Å². The summed E-state index contributed by atoms with van der Waals surface area (Å²) in [6.07, 6.45) is 0. The van der Waals surface area contributed by atoms with E-state index >= 15 is 0 Å². The van der Waals surface area contributed by atoms with Gasteiger partial charge in [-0.3, -0.25) is 4.79 Å². The van der Waals surface area contributed by atoms with E-state index in [9.17, 15) is 4.79 Å². The largest absolute Gasteiger partial charge is 0.378 e. The third-order valence-corrected chi connectivity index (χ3v) is 3.46. The van der Waals surface area contributed by atoms with Crippen LogP contribution in [-0.4, -0.2) is 38.3 Å². The Balaban J connectivity index is 2.35. The number of ether oxygens (including phenoxy) is 1. The maximum Gasteiger partial charge on any atom is 0.239 e. The number of rotatable bonds is 5. The molecule has 17 heavy (non-hydrogen) atoms. The van der Waals surface area contributed by atoms with Crippen molar-refractivity contribution in [2.75, 3.05) is 26.3 Å². The number of carbonyl (C=O) groups is 1. The highest BCUT2D eigenvalue weighted by molar-refractivity contribution is 5.81. The summed E-state index contributed by atoms with van der Waals surface area (Å²) in [6.45, 7) is 11.5. The van der Waals surface area contributed by atoms with Gasteiger partial charge in [-0.05, 0) is 17.8 Å². The van der Waals surface area contributed by atoms with Crippen molar-refractivity contribution < 1.29 is 9.53 Å². The van der Waals surface area contributed by atoms with Crippen LogP contribution in [0.4, 0.5) is 0 Å². The Morgan fingerprint density at radius 2 is 2.00 bits per heavy atom. The molecule has 0 saturated carbocycles. The molecule has 0 aromatic rings. The van der Waals surface area contributed by atoms with Crippen LogP contribution < -0.4 is 10.6 Å². The van der Waals surface area contributed by atoms with Gasteiger partial charge >= 0.3 is 0 Å². The average molecular weight is 242 g/mol. The van der Waals surface area contributed by atoms with Gasteiger partial charge in [0.1, 0.15) is 6.04 Å². The van der Waals surface area contributed by atoms with Crippen LogP contribution in [0.2, 0.25) is 0 Å². The molecule has 1 heterocycles. The number of amides is 1. The first-order chi connectivity index (χ1) is 8.02. The van der Waals surface area contributed by atoms with E-state index in [2.05, 4.69) is 38.3 Å². The van der Waals surface area contributed by atoms with E-state index < -0.39 is 0 Å². The van der Waals surface area contributed by atoms with Crippen LogP contribution in [0.5, 0.6) is 0 Å². The van der Waals surface area contributed by atoms with Crippen molar-refractivity contribution in [1.82, 2.24) is 10.6 Å². The predicted octanol–water partition coefficient (Wildman–Crippen LogP) is 1.02. The van der Waals surface area contributed by atoms with Crippen LogP contribution in [0, 0.1) is 17.8 Å². The van der Waals surface area contributed by atoms with E-state index in [0.29, 0.717) is 31.0 Å². The van der Waals surface area contributed by atoms with Gasteiger partial charge in [0.15, 0.2) is 0 Å². The standard InChI is InChI=1S/C13H26N2O2/c1-9(2)11(10(3)4)7-15-13(16)12-8-17-6-5-14-12/h9-12,14H,5-8H2,1-4H3,(H,15,16). The minimum absolute atomic E-state index is 0.0657. The van der Waals surface area contributed by atoms with Crippen LogP contribution in [-0.2, 0) is 9.53 Å². The maximum atomic E-state index is 11.9. The molecule has 0 aromatic heterocycles. The summed E-state index contributed by atoms with van der Waals surface area (Å²) in [5.41, 5.74) is 0. The first kappa shape index (κ1) is 14.5. The first-order valence-electron chi connectivity index (χ1n) is 6.61. The molecule has 0 aliphatic carbocycles. The molecular weight excluding hydrogens is 216 g/mol. The average Bonchev–Trinajstić information content (AvgIpc) is 2.29. The smallest absolute Gasteiger partial charge is 0.239 e. The summed E-state index contributed by atoms with van der Waals surface area (Å²) in [5.74, 6) is 1.77. The Morgan fingerprint density at radius 3 is 2.47 bits per heavy atom. The van der Waals surface area contributed by atoms with Crippen LogP contribution in [0.3, 0.4) is 0 Å². The van der Waals surface area contributed by atoms with Gasteiger partial charge in [0, 0.05) is 13.1 Å². The fraction of sp³-hybridized carbons (Fsp3) is 0.923. The molecule has 1 fully saturated rings. The SMILES string of the molecule is CC(C)C(CNC(=O)C1COCCN1)C(C)C. The molecule has 2 N–H and O–H groups in total. The molecule has 1 rings (SSSR count). The highest BCUT2D eigenvalue weighted by Crippen LogP contribution is 2.19. The van der Waals surface area contributed by atoms with E-state index in [1.807, 2.05) is 0 Å². The number of hydrogen-bond acceptors (Lipinski definition) is 3. The molecule has 1 atom stereocenters. The monoisotopic (exact) mass is 242 g/mol.